The van der Waals surface area contributed by atoms with E-state index in [1.54, 1.807) is 0 Å². The summed E-state index contributed by atoms with van der Waals surface area (Å²) in [7, 11) is 0. The summed E-state index contributed by atoms with van der Waals surface area (Å²) >= 11 is 0. The van der Waals surface area contributed by atoms with Crippen LogP contribution in [-0.2, 0) is 0 Å². The van der Waals surface area contributed by atoms with E-state index < -0.39 is 23.1 Å². The quantitative estimate of drug-likeness (QED) is 0.848. The molecule has 2 rings (SSSR count). The standard InChI is InChI=1S/C14H18F2N2O/c1-14(2)8-18(7-6-11(14)17)13(19)12-9(15)4-3-5-10(12)16/h3-5,11H,6-8,17H2,1-2H3. The molecule has 0 spiro atoms. The van der Waals surface area contributed by atoms with E-state index in [9.17, 15) is 13.6 Å². The number of hydrogen-bond donors (Lipinski definition) is 1. The van der Waals surface area contributed by atoms with Crippen LogP contribution in [0.4, 0.5) is 8.78 Å². The van der Waals surface area contributed by atoms with Crippen LogP contribution in [0.1, 0.15) is 30.6 Å². The average Bonchev–Trinajstić information content (AvgIpc) is 2.32. The van der Waals surface area contributed by atoms with Crippen LogP contribution in [-0.4, -0.2) is 29.9 Å². The van der Waals surface area contributed by atoms with Gasteiger partial charge in [-0.3, -0.25) is 4.79 Å². The fraction of sp³-hybridized carbons (Fsp3) is 0.500. The molecule has 1 aliphatic rings. The maximum atomic E-state index is 13.6. The van der Waals surface area contributed by atoms with E-state index >= 15 is 0 Å². The average molecular weight is 268 g/mol. The third-order valence-electron chi connectivity index (χ3n) is 3.78. The number of carbonyl (C=O) groups is 1. The Morgan fingerprint density at radius 3 is 2.47 bits per heavy atom. The van der Waals surface area contributed by atoms with Crippen LogP contribution in [0.15, 0.2) is 18.2 Å². The first-order valence-electron chi connectivity index (χ1n) is 6.32. The zero-order valence-corrected chi connectivity index (χ0v) is 11.1. The van der Waals surface area contributed by atoms with Gasteiger partial charge in [-0.05, 0) is 24.0 Å². The van der Waals surface area contributed by atoms with E-state index in [1.165, 1.54) is 11.0 Å². The van der Waals surface area contributed by atoms with Gasteiger partial charge in [0.1, 0.15) is 17.2 Å². The number of rotatable bonds is 1. The lowest BCUT2D eigenvalue weighted by Gasteiger charge is -2.42. The number of nitrogens with zero attached hydrogens (tertiary/aromatic N) is 1. The van der Waals surface area contributed by atoms with Crippen LogP contribution in [0.2, 0.25) is 0 Å². The molecule has 0 aromatic heterocycles. The number of amides is 1. The molecule has 1 atom stereocenters. The Bertz CT molecular complexity index is 482. The van der Waals surface area contributed by atoms with Crippen LogP contribution < -0.4 is 5.73 Å². The maximum absolute atomic E-state index is 13.6. The molecule has 1 aromatic carbocycles. The third-order valence-corrected chi connectivity index (χ3v) is 3.78. The van der Waals surface area contributed by atoms with Crippen LogP contribution in [0.3, 0.4) is 0 Å². The van der Waals surface area contributed by atoms with E-state index in [1.807, 2.05) is 13.8 Å². The molecule has 104 valence electrons. The van der Waals surface area contributed by atoms with E-state index in [4.69, 9.17) is 5.73 Å². The molecule has 1 aromatic rings. The molecule has 1 heterocycles. The van der Waals surface area contributed by atoms with E-state index in [-0.39, 0.29) is 11.5 Å². The summed E-state index contributed by atoms with van der Waals surface area (Å²) in [4.78, 5) is 13.7. The number of benzene rings is 1. The summed E-state index contributed by atoms with van der Waals surface area (Å²) in [6.45, 7) is 4.74. The molecule has 0 radical (unpaired) electrons. The van der Waals surface area contributed by atoms with Gasteiger partial charge in [-0.15, -0.1) is 0 Å². The summed E-state index contributed by atoms with van der Waals surface area (Å²) in [5.74, 6) is -2.24. The second kappa shape index (κ2) is 4.89. The largest absolute Gasteiger partial charge is 0.338 e. The number of piperidine rings is 1. The van der Waals surface area contributed by atoms with Gasteiger partial charge < -0.3 is 10.6 Å². The first kappa shape index (κ1) is 13.9. The van der Waals surface area contributed by atoms with Gasteiger partial charge in [-0.25, -0.2) is 8.78 Å². The SMILES string of the molecule is CC1(C)CN(C(=O)c2c(F)cccc2F)CCC1N. The lowest BCUT2D eigenvalue weighted by molar-refractivity contribution is 0.0524. The molecular formula is C14H18F2N2O. The molecular weight excluding hydrogens is 250 g/mol. The normalized spacial score (nSPS) is 22.4. The van der Waals surface area contributed by atoms with Crippen LogP contribution in [0.25, 0.3) is 0 Å². The lowest BCUT2D eigenvalue weighted by Crippen LogP contribution is -2.54. The van der Waals surface area contributed by atoms with Gasteiger partial charge in [0.05, 0.1) is 0 Å². The highest BCUT2D eigenvalue weighted by atomic mass is 19.1. The van der Waals surface area contributed by atoms with E-state index in [0.717, 1.165) is 12.1 Å². The summed E-state index contributed by atoms with van der Waals surface area (Å²) in [5.41, 5.74) is 5.25. The Labute approximate surface area is 111 Å². The molecule has 0 saturated carbocycles. The molecule has 1 amide bonds. The molecule has 5 heteroatoms. The van der Waals surface area contributed by atoms with Gasteiger partial charge >= 0.3 is 0 Å². The van der Waals surface area contributed by atoms with Crippen molar-refractivity contribution in [3.8, 4) is 0 Å². The van der Waals surface area contributed by atoms with Crippen molar-refractivity contribution in [3.05, 3.63) is 35.4 Å². The minimum absolute atomic E-state index is 0.0120. The first-order chi connectivity index (χ1) is 8.83. The monoisotopic (exact) mass is 268 g/mol. The molecule has 2 N–H and O–H groups in total. The predicted molar refractivity (Wildman–Crippen MR) is 68.6 cm³/mol. The molecule has 3 nitrogen and oxygen atoms in total. The highest BCUT2D eigenvalue weighted by Gasteiger charge is 2.36. The van der Waals surface area contributed by atoms with Crippen molar-refractivity contribution in [1.29, 1.82) is 0 Å². The van der Waals surface area contributed by atoms with Crippen molar-refractivity contribution in [1.82, 2.24) is 4.90 Å². The molecule has 1 aliphatic heterocycles. The van der Waals surface area contributed by atoms with Crippen molar-refractivity contribution in [3.63, 3.8) is 0 Å². The Morgan fingerprint density at radius 1 is 1.37 bits per heavy atom. The summed E-state index contributed by atoms with van der Waals surface area (Å²) in [6, 6.07) is 3.42. The van der Waals surface area contributed by atoms with Crippen molar-refractivity contribution < 1.29 is 13.6 Å². The molecule has 1 unspecified atom stereocenters. The summed E-state index contributed by atoms with van der Waals surface area (Å²) < 4.78 is 27.2. The van der Waals surface area contributed by atoms with E-state index in [0.29, 0.717) is 19.5 Å². The van der Waals surface area contributed by atoms with Gasteiger partial charge in [0.2, 0.25) is 0 Å². The number of hydrogen-bond acceptors (Lipinski definition) is 2. The number of nitrogens with two attached hydrogens (primary N) is 1. The predicted octanol–water partition coefficient (Wildman–Crippen LogP) is 2.16. The third kappa shape index (κ3) is 2.61. The van der Waals surface area contributed by atoms with Crippen LogP contribution in [0.5, 0.6) is 0 Å². The lowest BCUT2D eigenvalue weighted by atomic mass is 9.79. The topological polar surface area (TPSA) is 46.3 Å². The minimum atomic E-state index is -0.822. The Morgan fingerprint density at radius 2 is 1.95 bits per heavy atom. The fourth-order valence-electron chi connectivity index (χ4n) is 2.41. The van der Waals surface area contributed by atoms with Gasteiger partial charge in [-0.1, -0.05) is 19.9 Å². The Hall–Kier alpha value is -1.49. The summed E-state index contributed by atoms with van der Waals surface area (Å²) in [6.07, 6.45) is 0.634. The van der Waals surface area contributed by atoms with Crippen LogP contribution >= 0.6 is 0 Å². The highest BCUT2D eigenvalue weighted by Crippen LogP contribution is 2.29. The maximum Gasteiger partial charge on any atom is 0.259 e. The van der Waals surface area contributed by atoms with Crippen LogP contribution in [0, 0.1) is 17.0 Å². The first-order valence-corrected chi connectivity index (χ1v) is 6.32. The second-order valence-electron chi connectivity index (χ2n) is 5.71. The fourth-order valence-corrected chi connectivity index (χ4v) is 2.41. The second-order valence-corrected chi connectivity index (χ2v) is 5.71. The zero-order chi connectivity index (χ0) is 14.2. The Kier molecular flexibility index (Phi) is 3.58. The van der Waals surface area contributed by atoms with Gasteiger partial charge in [0.25, 0.3) is 5.91 Å². The smallest absolute Gasteiger partial charge is 0.259 e. The van der Waals surface area contributed by atoms with E-state index in [2.05, 4.69) is 0 Å². The van der Waals surface area contributed by atoms with Crippen molar-refractivity contribution >= 4 is 5.91 Å². The molecule has 0 aliphatic carbocycles. The number of halogens is 2. The van der Waals surface area contributed by atoms with Crippen molar-refractivity contribution in [2.45, 2.75) is 26.3 Å². The van der Waals surface area contributed by atoms with Crippen molar-refractivity contribution in [2.24, 2.45) is 11.1 Å². The Balaban J connectivity index is 2.26. The number of carbonyl (C=O) groups excluding carboxylic acids is 1. The summed E-state index contributed by atoms with van der Waals surface area (Å²) in [5, 5.41) is 0. The van der Waals surface area contributed by atoms with Crippen molar-refractivity contribution in [2.75, 3.05) is 13.1 Å². The molecule has 0 bridgehead atoms. The van der Waals surface area contributed by atoms with Gasteiger partial charge in [0, 0.05) is 19.1 Å². The minimum Gasteiger partial charge on any atom is -0.338 e. The molecule has 1 fully saturated rings. The number of likely N-dealkylation sites (tertiary alicyclic amines) is 1. The zero-order valence-electron chi connectivity index (χ0n) is 11.1. The van der Waals surface area contributed by atoms with Gasteiger partial charge in [-0.2, -0.15) is 0 Å². The molecule has 19 heavy (non-hydrogen) atoms. The van der Waals surface area contributed by atoms with Gasteiger partial charge in [0.15, 0.2) is 0 Å². The molecule has 1 saturated heterocycles. The highest BCUT2D eigenvalue weighted by molar-refractivity contribution is 5.94.